The number of benzene rings is 15. The van der Waals surface area contributed by atoms with Crippen molar-refractivity contribution in [1.82, 2.24) is 0 Å². The van der Waals surface area contributed by atoms with Gasteiger partial charge in [-0.2, -0.15) is 0 Å². The van der Waals surface area contributed by atoms with E-state index in [-0.39, 0.29) is 84.3 Å². The van der Waals surface area contributed by atoms with Crippen LogP contribution in [0.15, 0.2) is 265 Å². The molecular weight excluding hydrogens is 1790 g/mol. The van der Waals surface area contributed by atoms with Crippen LogP contribution in [0.25, 0.3) is 55.3 Å². The van der Waals surface area contributed by atoms with E-state index in [1.165, 1.54) is 241 Å². The van der Waals surface area contributed by atoms with Crippen LogP contribution < -0.4 is 52.4 Å². The van der Waals surface area contributed by atoms with Gasteiger partial charge in [-0.25, -0.2) is 0 Å². The fourth-order valence-corrected chi connectivity index (χ4v) is 32.1. The second kappa shape index (κ2) is 30.0. The predicted molar refractivity (Wildman–Crippen MR) is 629 cm³/mol. The van der Waals surface area contributed by atoms with Crippen LogP contribution in [-0.2, 0) is 70.4 Å². The summed E-state index contributed by atoms with van der Waals surface area (Å²) in [7, 11) is 0. The summed E-state index contributed by atoms with van der Waals surface area (Å²) in [5.74, 6) is 0.122. The summed E-state index contributed by atoms with van der Waals surface area (Å²) in [6.45, 7) is 65.5. The second-order valence-electron chi connectivity index (χ2n) is 55.8. The van der Waals surface area contributed by atoms with E-state index in [1.54, 1.807) is 0 Å². The molecule has 12 aliphatic rings. The summed E-state index contributed by atoms with van der Waals surface area (Å²) >= 11 is 0. The molecule has 7 heteroatoms. The number of anilines is 12. The van der Waals surface area contributed by atoms with E-state index in [0.717, 1.165) is 91.8 Å². The molecule has 28 rings (SSSR count). The lowest BCUT2D eigenvalue weighted by Gasteiger charge is -2.51. The van der Waals surface area contributed by atoms with E-state index in [0.29, 0.717) is 0 Å². The summed E-state index contributed by atoms with van der Waals surface area (Å²) < 4.78 is 7.16. The number of hydrogen-bond acceptors (Lipinski definition) is 5. The Hall–Kier alpha value is -12.6. The summed E-state index contributed by atoms with van der Waals surface area (Å²) in [6, 6.07) is 107. The molecule has 0 N–H and O–H groups in total. The molecule has 2 unspecified atom stereocenters. The Balaban J connectivity index is 0.643. The molecular formula is C141H144B2N4O. The highest BCUT2D eigenvalue weighted by atomic mass is 16.3. The minimum absolute atomic E-state index is 0.00696. The molecule has 148 heavy (non-hydrogen) atoms. The SMILES string of the molecule is Cc1cc2c3c(c1)N(c1cccc4c1-c1ccccc1C41c4ccccc4-c4cc(C5CC(C)(C)c6cc7c(cc6C5(C)C)B5c6cc8c(cc6N(c6ccc9c(c6)C(C)(C)CCC9(C)C)c6cc(C)cc(c65)N7c5cccc6oc7ccc(-c9ccccc9)cc7c56)C(C)(C)CCC8(C)C)ccc41)c1cc4c(cc1B3c1cc3c(cc1N2c1ccc2c(c1)C(C)(C)CCC2(C)C)C(C)(C)CCC3(C)C)C(C)(C)CCC4(C)C. The van der Waals surface area contributed by atoms with Crippen molar-refractivity contribution in [2.75, 3.05) is 19.6 Å². The molecule has 8 aliphatic carbocycles. The van der Waals surface area contributed by atoms with Gasteiger partial charge in [0.15, 0.2) is 0 Å². The van der Waals surface area contributed by atoms with Crippen molar-refractivity contribution in [3.05, 3.63) is 367 Å². The van der Waals surface area contributed by atoms with E-state index < -0.39 is 5.41 Å². The van der Waals surface area contributed by atoms with E-state index in [1.807, 2.05) is 0 Å². The summed E-state index contributed by atoms with van der Waals surface area (Å²) in [6.07, 6.45) is 12.4. The first kappa shape index (κ1) is 92.8. The van der Waals surface area contributed by atoms with Crippen LogP contribution in [-0.4, -0.2) is 13.4 Å². The number of fused-ring (bicyclic) bond motifs is 27. The van der Waals surface area contributed by atoms with Crippen LogP contribution in [0.5, 0.6) is 0 Å². The van der Waals surface area contributed by atoms with Crippen molar-refractivity contribution in [1.29, 1.82) is 0 Å². The topological polar surface area (TPSA) is 26.1 Å². The number of rotatable bonds is 6. The Kier molecular flexibility index (Phi) is 18.8. The number of furan rings is 1. The maximum Gasteiger partial charge on any atom is 0.252 e. The quantitative estimate of drug-likeness (QED) is 0.155. The van der Waals surface area contributed by atoms with Gasteiger partial charge in [0.1, 0.15) is 11.2 Å². The average Bonchev–Trinajstić information content (AvgIpc) is 1.46. The normalized spacial score (nSPS) is 21.7. The highest BCUT2D eigenvalue weighted by molar-refractivity contribution is 7.01. The molecule has 5 heterocycles. The zero-order valence-corrected chi connectivity index (χ0v) is 92.5. The van der Waals surface area contributed by atoms with Crippen molar-refractivity contribution in [3.8, 4) is 33.4 Å². The Morgan fingerprint density at radius 3 is 1.09 bits per heavy atom. The van der Waals surface area contributed by atoms with Crippen LogP contribution >= 0.6 is 0 Å². The average molecular weight is 1930 g/mol. The molecule has 0 amide bonds. The zero-order valence-electron chi connectivity index (χ0n) is 92.5. The van der Waals surface area contributed by atoms with Gasteiger partial charge < -0.3 is 24.0 Å². The minimum Gasteiger partial charge on any atom is -0.456 e. The molecule has 0 fully saturated rings. The van der Waals surface area contributed by atoms with Gasteiger partial charge in [0.05, 0.1) is 22.2 Å². The molecule has 0 saturated carbocycles. The van der Waals surface area contributed by atoms with Crippen molar-refractivity contribution < 1.29 is 4.42 Å². The van der Waals surface area contributed by atoms with Crippen LogP contribution in [0.3, 0.4) is 0 Å². The van der Waals surface area contributed by atoms with Gasteiger partial charge in [-0.3, -0.25) is 0 Å². The number of nitrogens with zero attached hydrogens (tertiary/aromatic N) is 4. The van der Waals surface area contributed by atoms with E-state index in [4.69, 9.17) is 4.42 Å². The van der Waals surface area contributed by atoms with E-state index in [9.17, 15) is 0 Å². The number of aryl methyl sites for hydroxylation is 2. The maximum atomic E-state index is 7.16. The van der Waals surface area contributed by atoms with Gasteiger partial charge in [0.2, 0.25) is 0 Å². The fraction of sp³-hybridized carbons (Fsp3) is 0.362. The maximum absolute atomic E-state index is 7.16. The Morgan fingerprint density at radius 1 is 0.243 bits per heavy atom. The summed E-state index contributed by atoms with van der Waals surface area (Å²) in [5.41, 5.74) is 58.7. The monoisotopic (exact) mass is 1930 g/mol. The fourth-order valence-electron chi connectivity index (χ4n) is 32.1. The molecule has 1 aromatic heterocycles. The van der Waals surface area contributed by atoms with E-state index in [2.05, 4.69) is 460 Å². The lowest BCUT2D eigenvalue weighted by Crippen LogP contribution is -2.62. The largest absolute Gasteiger partial charge is 0.456 e. The molecule has 0 radical (unpaired) electrons. The van der Waals surface area contributed by atoms with Gasteiger partial charge >= 0.3 is 0 Å². The van der Waals surface area contributed by atoms with Gasteiger partial charge in [0.25, 0.3) is 13.4 Å². The minimum atomic E-state index is -0.654. The molecule has 2 atom stereocenters. The van der Waals surface area contributed by atoms with Crippen LogP contribution in [0, 0.1) is 13.8 Å². The highest BCUT2D eigenvalue weighted by Crippen LogP contribution is 2.69. The molecule has 15 aromatic carbocycles. The van der Waals surface area contributed by atoms with Crippen LogP contribution in [0.1, 0.15) is 348 Å². The summed E-state index contributed by atoms with van der Waals surface area (Å²) in [5, 5.41) is 2.25. The smallest absolute Gasteiger partial charge is 0.252 e. The van der Waals surface area contributed by atoms with Crippen LogP contribution in [0.2, 0.25) is 0 Å². The highest BCUT2D eigenvalue weighted by Gasteiger charge is 2.59. The first-order valence-corrected chi connectivity index (χ1v) is 56.1. The molecule has 5 nitrogen and oxygen atoms in total. The van der Waals surface area contributed by atoms with Gasteiger partial charge in [-0.15, -0.1) is 0 Å². The molecule has 740 valence electrons. The van der Waals surface area contributed by atoms with Crippen molar-refractivity contribution >= 4 is 136 Å². The lowest BCUT2D eigenvalue weighted by molar-refractivity contribution is 0.283. The zero-order chi connectivity index (χ0) is 103. The first-order chi connectivity index (χ1) is 70.1. The molecule has 4 aliphatic heterocycles. The Morgan fingerprint density at radius 2 is 0.608 bits per heavy atom. The van der Waals surface area contributed by atoms with Gasteiger partial charge in [0, 0.05) is 67.8 Å². The Labute approximate surface area is 881 Å². The third-order valence-corrected chi connectivity index (χ3v) is 41.3. The lowest BCUT2D eigenvalue weighted by atomic mass is 9.32. The molecule has 0 bridgehead atoms. The predicted octanol–water partition coefficient (Wildman–Crippen LogP) is 33.9. The first-order valence-electron chi connectivity index (χ1n) is 56.1. The Bertz CT molecular complexity index is 8600. The standard InChI is InChI=1S/C141H144B2N4O/c1-81-64-119-127-121(66-81)146(117-78-105-102(135(15,16)60-63-138(105,21)22)74-111(117)142(127)109-72-100-103(136(17,18)61-58-133(100,11)12)76-115(109)144(119)86-48-51-95-98(70-86)131(7,8)56-54-129(95,3)4)113-43-34-42-97-125(113)89-39-31-33-41-93(89)141(97)92-40-32-30-38-88(92)90-69-85(46-50-94(90)141)108-80-139(23,24)106-79-118-112(75-107(106)140(108,25)26)143-110-73-101-104(137(19,20)62-59-134(101,13)14)77-116(110)145(87-49-52-96-99(71-87)132(9,10)57-55-130(96,5)6)120-65-82(2)67-122(128(120)143)147(118)114-44-35-45-124-126(114)91-68-84(47-53-123(91)148-124)83-36-28-27-29-37-83/h27-53,64-79,108H,54-63,80H2,1-26H3. The number of hydrogen-bond donors (Lipinski definition) is 0. The summed E-state index contributed by atoms with van der Waals surface area (Å²) in [4.78, 5) is 11.1. The van der Waals surface area contributed by atoms with Crippen LogP contribution in [0.4, 0.5) is 68.2 Å². The molecule has 0 saturated heterocycles. The van der Waals surface area contributed by atoms with Crippen molar-refractivity contribution in [2.24, 2.45) is 0 Å². The second-order valence-corrected chi connectivity index (χ2v) is 55.8. The van der Waals surface area contributed by atoms with Crippen molar-refractivity contribution in [2.45, 2.75) is 327 Å². The molecule has 1 spiro atoms. The third kappa shape index (κ3) is 12.6. The van der Waals surface area contributed by atoms with Gasteiger partial charge in [-0.1, -0.05) is 324 Å². The van der Waals surface area contributed by atoms with E-state index >= 15 is 0 Å². The third-order valence-electron chi connectivity index (χ3n) is 41.3. The van der Waals surface area contributed by atoms with Crippen molar-refractivity contribution in [3.63, 3.8) is 0 Å². The molecule has 16 aromatic rings. The van der Waals surface area contributed by atoms with Gasteiger partial charge in [-0.05, 0) is 425 Å².